The van der Waals surface area contributed by atoms with Gasteiger partial charge >= 0.3 is 12.0 Å². The fourth-order valence-corrected chi connectivity index (χ4v) is 1.38. The normalized spacial score (nSPS) is 11.6. The van der Waals surface area contributed by atoms with Crippen LogP contribution < -0.4 is 5.32 Å². The molecule has 0 aliphatic heterocycles. The SMILES string of the molecule is CCN(CC(C)C(=O)O)C(=O)NCCC(=O)N(C)C. The van der Waals surface area contributed by atoms with Crippen LogP contribution in [0.25, 0.3) is 0 Å². The molecule has 0 saturated carbocycles. The smallest absolute Gasteiger partial charge is 0.317 e. The number of nitrogens with zero attached hydrogens (tertiary/aromatic N) is 2. The van der Waals surface area contributed by atoms with Gasteiger partial charge in [0.2, 0.25) is 5.91 Å². The summed E-state index contributed by atoms with van der Waals surface area (Å²) in [6.07, 6.45) is 0.227. The van der Waals surface area contributed by atoms with Crippen molar-refractivity contribution in [2.45, 2.75) is 20.3 Å². The third kappa shape index (κ3) is 6.64. The summed E-state index contributed by atoms with van der Waals surface area (Å²) in [5.74, 6) is -1.62. The first kappa shape index (κ1) is 17.2. The first-order valence-corrected chi connectivity index (χ1v) is 6.25. The Hall–Kier alpha value is -1.79. The van der Waals surface area contributed by atoms with Gasteiger partial charge in [-0.2, -0.15) is 0 Å². The molecule has 1 atom stereocenters. The molecule has 0 bridgehead atoms. The highest BCUT2D eigenvalue weighted by atomic mass is 16.4. The van der Waals surface area contributed by atoms with Crippen molar-refractivity contribution in [3.63, 3.8) is 0 Å². The van der Waals surface area contributed by atoms with E-state index in [1.54, 1.807) is 27.9 Å². The summed E-state index contributed by atoms with van der Waals surface area (Å²) in [5, 5.41) is 11.4. The molecule has 7 nitrogen and oxygen atoms in total. The fourth-order valence-electron chi connectivity index (χ4n) is 1.38. The topological polar surface area (TPSA) is 90.0 Å². The molecule has 3 amide bonds. The Labute approximate surface area is 113 Å². The van der Waals surface area contributed by atoms with Crippen molar-refractivity contribution in [1.82, 2.24) is 15.1 Å². The van der Waals surface area contributed by atoms with E-state index in [9.17, 15) is 14.4 Å². The van der Waals surface area contributed by atoms with Gasteiger partial charge in [-0.15, -0.1) is 0 Å². The second-order valence-corrected chi connectivity index (χ2v) is 4.55. The number of hydrogen-bond acceptors (Lipinski definition) is 3. The number of nitrogens with one attached hydrogen (secondary N) is 1. The second kappa shape index (κ2) is 8.34. The van der Waals surface area contributed by atoms with Gasteiger partial charge in [0, 0.05) is 40.2 Å². The Balaban J connectivity index is 4.15. The maximum atomic E-state index is 11.8. The number of carbonyl (C=O) groups excluding carboxylic acids is 2. The van der Waals surface area contributed by atoms with E-state index < -0.39 is 11.9 Å². The third-order valence-corrected chi connectivity index (χ3v) is 2.70. The number of carbonyl (C=O) groups is 3. The zero-order valence-corrected chi connectivity index (χ0v) is 12.0. The van der Waals surface area contributed by atoms with Gasteiger partial charge in [-0.25, -0.2) is 4.79 Å². The molecule has 0 heterocycles. The van der Waals surface area contributed by atoms with Crippen LogP contribution in [0.4, 0.5) is 4.79 Å². The van der Waals surface area contributed by atoms with Crippen molar-refractivity contribution in [3.8, 4) is 0 Å². The summed E-state index contributed by atoms with van der Waals surface area (Å²) < 4.78 is 0. The minimum Gasteiger partial charge on any atom is -0.481 e. The van der Waals surface area contributed by atoms with Gasteiger partial charge in [-0.05, 0) is 6.92 Å². The molecule has 0 spiro atoms. The Morgan fingerprint density at radius 2 is 1.84 bits per heavy atom. The summed E-state index contributed by atoms with van der Waals surface area (Å²) in [6.45, 7) is 4.14. The molecule has 0 radical (unpaired) electrons. The molecule has 0 fully saturated rings. The van der Waals surface area contributed by atoms with E-state index in [0.29, 0.717) is 6.54 Å². The number of carboxylic acids is 1. The molecule has 19 heavy (non-hydrogen) atoms. The van der Waals surface area contributed by atoms with Crippen LogP contribution in [0.5, 0.6) is 0 Å². The zero-order valence-electron chi connectivity index (χ0n) is 12.0. The summed E-state index contributed by atoms with van der Waals surface area (Å²) >= 11 is 0. The van der Waals surface area contributed by atoms with Gasteiger partial charge in [0.1, 0.15) is 0 Å². The maximum Gasteiger partial charge on any atom is 0.317 e. The Bertz CT molecular complexity index is 331. The predicted octanol–water partition coefficient (Wildman–Crippen LogP) is 0.217. The highest BCUT2D eigenvalue weighted by Crippen LogP contribution is 2.00. The Morgan fingerprint density at radius 1 is 1.26 bits per heavy atom. The quantitative estimate of drug-likeness (QED) is 0.694. The minimum absolute atomic E-state index is 0.0674. The molecule has 2 N–H and O–H groups in total. The second-order valence-electron chi connectivity index (χ2n) is 4.55. The fraction of sp³-hybridized carbons (Fsp3) is 0.750. The van der Waals surface area contributed by atoms with Crippen molar-refractivity contribution in [3.05, 3.63) is 0 Å². The van der Waals surface area contributed by atoms with Gasteiger partial charge in [-0.1, -0.05) is 6.92 Å². The lowest BCUT2D eigenvalue weighted by Gasteiger charge is -2.23. The van der Waals surface area contributed by atoms with E-state index in [2.05, 4.69) is 5.32 Å². The van der Waals surface area contributed by atoms with E-state index in [4.69, 9.17) is 5.11 Å². The van der Waals surface area contributed by atoms with Gasteiger partial charge in [0.05, 0.1) is 5.92 Å². The van der Waals surface area contributed by atoms with Crippen LogP contribution in [0, 0.1) is 5.92 Å². The highest BCUT2D eigenvalue weighted by Gasteiger charge is 2.19. The first-order chi connectivity index (χ1) is 8.79. The lowest BCUT2D eigenvalue weighted by molar-refractivity contribution is -0.141. The average Bonchev–Trinajstić information content (AvgIpc) is 2.34. The first-order valence-electron chi connectivity index (χ1n) is 6.25. The molecular formula is C12H23N3O4. The summed E-state index contributed by atoms with van der Waals surface area (Å²) in [6, 6.07) is -0.345. The number of amides is 3. The summed E-state index contributed by atoms with van der Waals surface area (Å²) in [5.41, 5.74) is 0. The van der Waals surface area contributed by atoms with Crippen molar-refractivity contribution in [2.75, 3.05) is 33.7 Å². The van der Waals surface area contributed by atoms with E-state index in [1.165, 1.54) is 9.80 Å². The van der Waals surface area contributed by atoms with Crippen LogP contribution in [0.1, 0.15) is 20.3 Å². The minimum atomic E-state index is -0.936. The third-order valence-electron chi connectivity index (χ3n) is 2.70. The Morgan fingerprint density at radius 3 is 2.26 bits per heavy atom. The standard InChI is InChI=1S/C12H23N3O4/c1-5-15(8-9(2)11(17)18)12(19)13-7-6-10(16)14(3)4/h9H,5-8H2,1-4H3,(H,13,19)(H,17,18). The number of urea groups is 1. The molecule has 1 unspecified atom stereocenters. The molecule has 110 valence electrons. The van der Waals surface area contributed by atoms with Crippen LogP contribution in [0.2, 0.25) is 0 Å². The average molecular weight is 273 g/mol. The van der Waals surface area contributed by atoms with E-state index >= 15 is 0 Å². The van der Waals surface area contributed by atoms with Crippen molar-refractivity contribution >= 4 is 17.9 Å². The van der Waals surface area contributed by atoms with E-state index in [1.807, 2.05) is 0 Å². The van der Waals surface area contributed by atoms with Gasteiger partial charge < -0.3 is 20.2 Å². The summed E-state index contributed by atoms with van der Waals surface area (Å²) in [7, 11) is 3.30. The van der Waals surface area contributed by atoms with Gasteiger partial charge in [0.15, 0.2) is 0 Å². The molecule has 0 rings (SSSR count). The van der Waals surface area contributed by atoms with Gasteiger partial charge in [-0.3, -0.25) is 9.59 Å². The lowest BCUT2D eigenvalue weighted by atomic mass is 10.2. The van der Waals surface area contributed by atoms with Crippen LogP contribution in [0.15, 0.2) is 0 Å². The molecular weight excluding hydrogens is 250 g/mol. The number of hydrogen-bond donors (Lipinski definition) is 2. The van der Waals surface area contributed by atoms with Crippen LogP contribution in [-0.4, -0.2) is 66.5 Å². The maximum absolute atomic E-state index is 11.8. The summed E-state index contributed by atoms with van der Waals surface area (Å²) in [4.78, 5) is 36.7. The van der Waals surface area contributed by atoms with Crippen molar-refractivity contribution in [2.24, 2.45) is 5.92 Å². The molecule has 0 aliphatic rings. The molecule has 0 aromatic carbocycles. The molecule has 0 aliphatic carbocycles. The number of carboxylic acid groups (broad SMARTS) is 1. The largest absolute Gasteiger partial charge is 0.481 e. The molecule has 7 heteroatoms. The zero-order chi connectivity index (χ0) is 15.0. The van der Waals surface area contributed by atoms with Crippen LogP contribution in [0.3, 0.4) is 0 Å². The number of aliphatic carboxylic acids is 1. The molecule has 0 saturated heterocycles. The van der Waals surface area contributed by atoms with Crippen LogP contribution >= 0.6 is 0 Å². The number of rotatable bonds is 7. The van der Waals surface area contributed by atoms with Crippen LogP contribution in [-0.2, 0) is 9.59 Å². The van der Waals surface area contributed by atoms with E-state index in [-0.39, 0.29) is 31.4 Å². The van der Waals surface area contributed by atoms with Crippen molar-refractivity contribution < 1.29 is 19.5 Å². The monoisotopic (exact) mass is 273 g/mol. The van der Waals surface area contributed by atoms with Gasteiger partial charge in [0.25, 0.3) is 0 Å². The van der Waals surface area contributed by atoms with Crippen molar-refractivity contribution in [1.29, 1.82) is 0 Å². The molecule has 0 aromatic heterocycles. The Kier molecular flexibility index (Phi) is 7.55. The van der Waals surface area contributed by atoms with E-state index in [0.717, 1.165) is 0 Å². The molecule has 0 aromatic rings. The highest BCUT2D eigenvalue weighted by molar-refractivity contribution is 5.78. The predicted molar refractivity (Wildman–Crippen MR) is 70.8 cm³/mol. The lowest BCUT2D eigenvalue weighted by Crippen LogP contribution is -2.44.